The largest absolute Gasteiger partial charge is 0.322 e. The van der Waals surface area contributed by atoms with E-state index in [0.717, 1.165) is 32.2 Å². The SMILES string of the molecule is Cc1ccc(NC(=O)N2CCCCCC2c2cccs2)cc1F. The van der Waals surface area contributed by atoms with Gasteiger partial charge < -0.3 is 10.2 Å². The summed E-state index contributed by atoms with van der Waals surface area (Å²) in [6, 6.07) is 8.90. The lowest BCUT2D eigenvalue weighted by atomic mass is 10.1. The molecule has 2 amide bonds. The predicted molar refractivity (Wildman–Crippen MR) is 92.4 cm³/mol. The molecule has 1 aliphatic rings. The molecular formula is C18H21FN2OS. The maximum atomic E-state index is 13.7. The Hall–Kier alpha value is -1.88. The van der Waals surface area contributed by atoms with Crippen LogP contribution >= 0.6 is 11.3 Å². The van der Waals surface area contributed by atoms with Crippen LogP contribution in [0.2, 0.25) is 0 Å². The maximum absolute atomic E-state index is 13.7. The zero-order valence-corrected chi connectivity index (χ0v) is 14.0. The van der Waals surface area contributed by atoms with Crippen molar-refractivity contribution in [1.29, 1.82) is 0 Å². The number of hydrogen-bond acceptors (Lipinski definition) is 2. The zero-order valence-electron chi connectivity index (χ0n) is 13.2. The minimum Gasteiger partial charge on any atom is -0.317 e. The van der Waals surface area contributed by atoms with E-state index in [1.54, 1.807) is 30.4 Å². The van der Waals surface area contributed by atoms with Gasteiger partial charge in [0.15, 0.2) is 0 Å². The number of carbonyl (C=O) groups is 1. The Morgan fingerprint density at radius 3 is 2.91 bits per heavy atom. The van der Waals surface area contributed by atoms with Crippen molar-refractivity contribution in [2.45, 2.75) is 38.6 Å². The number of anilines is 1. The monoisotopic (exact) mass is 332 g/mol. The Bertz CT molecular complexity index is 672. The molecule has 0 radical (unpaired) electrons. The van der Waals surface area contributed by atoms with E-state index in [1.807, 2.05) is 16.3 Å². The molecule has 1 aliphatic heterocycles. The summed E-state index contributed by atoms with van der Waals surface area (Å²) in [6.07, 6.45) is 4.27. The second kappa shape index (κ2) is 7.13. The van der Waals surface area contributed by atoms with Crippen LogP contribution in [0.25, 0.3) is 0 Å². The van der Waals surface area contributed by atoms with Gasteiger partial charge in [-0.15, -0.1) is 11.3 Å². The van der Waals surface area contributed by atoms with E-state index in [-0.39, 0.29) is 17.9 Å². The van der Waals surface area contributed by atoms with Crippen LogP contribution in [0.5, 0.6) is 0 Å². The topological polar surface area (TPSA) is 32.3 Å². The van der Waals surface area contributed by atoms with Crippen molar-refractivity contribution >= 4 is 23.1 Å². The van der Waals surface area contributed by atoms with Gasteiger partial charge in [-0.3, -0.25) is 0 Å². The van der Waals surface area contributed by atoms with Gasteiger partial charge in [-0.1, -0.05) is 25.0 Å². The predicted octanol–water partition coefficient (Wildman–Crippen LogP) is 5.34. The number of halogens is 1. The van der Waals surface area contributed by atoms with Gasteiger partial charge in [-0.2, -0.15) is 0 Å². The van der Waals surface area contributed by atoms with Gasteiger partial charge >= 0.3 is 6.03 Å². The average Bonchev–Trinajstić information content (AvgIpc) is 2.95. The fourth-order valence-electron chi connectivity index (χ4n) is 2.99. The fourth-order valence-corrected chi connectivity index (χ4v) is 3.87. The minimum absolute atomic E-state index is 0.118. The summed E-state index contributed by atoms with van der Waals surface area (Å²) in [4.78, 5) is 15.8. The molecular weight excluding hydrogens is 311 g/mol. The van der Waals surface area contributed by atoms with Crippen molar-refractivity contribution in [1.82, 2.24) is 4.90 Å². The Balaban J connectivity index is 1.78. The maximum Gasteiger partial charge on any atom is 0.322 e. The van der Waals surface area contributed by atoms with Gasteiger partial charge in [-0.05, 0) is 48.9 Å². The highest BCUT2D eigenvalue weighted by molar-refractivity contribution is 7.10. The third-order valence-electron chi connectivity index (χ3n) is 4.31. The van der Waals surface area contributed by atoms with E-state index >= 15 is 0 Å². The molecule has 3 nitrogen and oxygen atoms in total. The second-order valence-corrected chi connectivity index (χ2v) is 6.95. The first-order chi connectivity index (χ1) is 11.1. The molecule has 2 heterocycles. The number of carbonyl (C=O) groups excluding carboxylic acids is 1. The number of nitrogens with one attached hydrogen (secondary N) is 1. The average molecular weight is 332 g/mol. The molecule has 0 bridgehead atoms. The van der Waals surface area contributed by atoms with Crippen molar-refractivity contribution in [2.75, 3.05) is 11.9 Å². The second-order valence-electron chi connectivity index (χ2n) is 5.97. The summed E-state index contributed by atoms with van der Waals surface area (Å²) in [5, 5.41) is 4.90. The summed E-state index contributed by atoms with van der Waals surface area (Å²) in [5.74, 6) is -0.298. The minimum atomic E-state index is -0.298. The van der Waals surface area contributed by atoms with Gasteiger partial charge in [0, 0.05) is 17.1 Å². The van der Waals surface area contributed by atoms with Crippen LogP contribution in [-0.4, -0.2) is 17.5 Å². The molecule has 2 aromatic rings. The summed E-state index contributed by atoms with van der Waals surface area (Å²) in [7, 11) is 0. The highest BCUT2D eigenvalue weighted by atomic mass is 32.1. The van der Waals surface area contributed by atoms with Gasteiger partial charge in [-0.25, -0.2) is 9.18 Å². The molecule has 3 rings (SSSR count). The zero-order chi connectivity index (χ0) is 16.2. The van der Waals surface area contributed by atoms with Crippen molar-refractivity contribution in [2.24, 2.45) is 0 Å². The number of urea groups is 1. The molecule has 0 aliphatic carbocycles. The molecule has 0 saturated carbocycles. The number of thiophene rings is 1. The van der Waals surface area contributed by atoms with Gasteiger partial charge in [0.2, 0.25) is 0 Å². The highest BCUT2D eigenvalue weighted by Crippen LogP contribution is 2.33. The van der Waals surface area contributed by atoms with Crippen LogP contribution < -0.4 is 5.32 Å². The summed E-state index contributed by atoms with van der Waals surface area (Å²) in [6.45, 7) is 2.45. The van der Waals surface area contributed by atoms with E-state index in [2.05, 4.69) is 11.4 Å². The Labute approximate surface area is 140 Å². The number of rotatable bonds is 2. The van der Waals surface area contributed by atoms with Crippen LogP contribution in [0.4, 0.5) is 14.9 Å². The van der Waals surface area contributed by atoms with Gasteiger partial charge in [0.25, 0.3) is 0 Å². The molecule has 1 unspecified atom stereocenters. The molecule has 5 heteroatoms. The molecule has 122 valence electrons. The molecule has 1 aromatic carbocycles. The molecule has 0 spiro atoms. The van der Waals surface area contributed by atoms with Crippen LogP contribution in [0.3, 0.4) is 0 Å². The smallest absolute Gasteiger partial charge is 0.317 e. The Morgan fingerprint density at radius 2 is 2.17 bits per heavy atom. The number of likely N-dealkylation sites (tertiary alicyclic amines) is 1. The quantitative estimate of drug-likeness (QED) is 0.790. The van der Waals surface area contributed by atoms with Crippen LogP contribution in [0, 0.1) is 12.7 Å². The lowest BCUT2D eigenvalue weighted by molar-refractivity contribution is 0.190. The van der Waals surface area contributed by atoms with Gasteiger partial charge in [0.05, 0.1) is 6.04 Å². The number of hydrogen-bond donors (Lipinski definition) is 1. The van der Waals surface area contributed by atoms with E-state index < -0.39 is 0 Å². The number of nitrogens with zero attached hydrogens (tertiary/aromatic N) is 1. The first kappa shape index (κ1) is 16.0. The van der Waals surface area contributed by atoms with Crippen molar-refractivity contribution in [3.05, 3.63) is 52.0 Å². The molecule has 23 heavy (non-hydrogen) atoms. The molecule has 1 fully saturated rings. The van der Waals surface area contributed by atoms with E-state index in [4.69, 9.17) is 0 Å². The lowest BCUT2D eigenvalue weighted by Crippen LogP contribution is -2.37. The van der Waals surface area contributed by atoms with E-state index in [1.165, 1.54) is 10.9 Å². The normalized spacial score (nSPS) is 18.5. The number of aryl methyl sites for hydroxylation is 1. The molecule has 1 atom stereocenters. The van der Waals surface area contributed by atoms with Gasteiger partial charge in [0.1, 0.15) is 5.82 Å². The third kappa shape index (κ3) is 3.72. The molecule has 1 aromatic heterocycles. The van der Waals surface area contributed by atoms with E-state index in [9.17, 15) is 9.18 Å². The summed E-state index contributed by atoms with van der Waals surface area (Å²) >= 11 is 1.69. The Morgan fingerprint density at radius 1 is 1.30 bits per heavy atom. The van der Waals surface area contributed by atoms with Crippen molar-refractivity contribution < 1.29 is 9.18 Å². The first-order valence-electron chi connectivity index (χ1n) is 8.02. The third-order valence-corrected chi connectivity index (χ3v) is 5.28. The molecule has 1 N–H and O–H groups in total. The van der Waals surface area contributed by atoms with Crippen molar-refractivity contribution in [3.63, 3.8) is 0 Å². The lowest BCUT2D eigenvalue weighted by Gasteiger charge is -2.29. The summed E-state index contributed by atoms with van der Waals surface area (Å²) in [5.41, 5.74) is 1.08. The first-order valence-corrected chi connectivity index (χ1v) is 8.90. The standard InChI is InChI=1S/C18H21FN2OS/c1-13-8-9-14(12-15(13)19)20-18(22)21-10-4-2-3-6-16(21)17-7-5-11-23-17/h5,7-9,11-12,16H,2-4,6,10H2,1H3,(H,20,22). The number of amides is 2. The van der Waals surface area contributed by atoms with Crippen LogP contribution in [0.15, 0.2) is 35.7 Å². The highest BCUT2D eigenvalue weighted by Gasteiger charge is 2.27. The van der Waals surface area contributed by atoms with Crippen LogP contribution in [0.1, 0.15) is 42.2 Å². The summed E-state index contributed by atoms with van der Waals surface area (Å²) < 4.78 is 13.7. The Kier molecular flexibility index (Phi) is 4.96. The fraction of sp³-hybridized carbons (Fsp3) is 0.389. The number of benzene rings is 1. The van der Waals surface area contributed by atoms with E-state index in [0.29, 0.717) is 11.3 Å². The van der Waals surface area contributed by atoms with Crippen molar-refractivity contribution in [3.8, 4) is 0 Å². The van der Waals surface area contributed by atoms with Crippen LogP contribution in [-0.2, 0) is 0 Å². The molecule has 1 saturated heterocycles.